The Morgan fingerprint density at radius 1 is 1.50 bits per heavy atom. The molecule has 3 rings (SSSR count). The van der Waals surface area contributed by atoms with Crippen molar-refractivity contribution in [2.45, 2.75) is 26.2 Å². The van der Waals surface area contributed by atoms with Crippen LogP contribution < -0.4 is 5.32 Å². The second-order valence-corrected chi connectivity index (χ2v) is 5.38. The zero-order chi connectivity index (χ0) is 11.0. The van der Waals surface area contributed by atoms with Crippen molar-refractivity contribution < 1.29 is 0 Å². The lowest BCUT2D eigenvalue weighted by molar-refractivity contribution is 0.530. The van der Waals surface area contributed by atoms with E-state index in [-0.39, 0.29) is 0 Å². The van der Waals surface area contributed by atoms with E-state index in [1.807, 2.05) is 11.4 Å². The second-order valence-electron chi connectivity index (χ2n) is 4.33. The third-order valence-electron chi connectivity index (χ3n) is 3.12. The van der Waals surface area contributed by atoms with Crippen LogP contribution in [0.1, 0.15) is 23.7 Å². The van der Waals surface area contributed by atoms with Gasteiger partial charge in [-0.05, 0) is 38.8 Å². The van der Waals surface area contributed by atoms with Gasteiger partial charge in [-0.1, -0.05) is 11.3 Å². The van der Waals surface area contributed by atoms with Crippen molar-refractivity contribution in [1.82, 2.24) is 25.1 Å². The molecule has 0 bridgehead atoms. The fraction of sp³-hybridized carbons (Fsp3) is 0.700. The van der Waals surface area contributed by atoms with E-state index in [0.717, 1.165) is 23.1 Å². The molecule has 1 atom stereocenters. The van der Waals surface area contributed by atoms with Crippen molar-refractivity contribution in [3.05, 3.63) is 10.8 Å². The normalized spacial score (nSPS) is 20.9. The van der Waals surface area contributed by atoms with Gasteiger partial charge in [0.2, 0.25) is 4.96 Å². The first kappa shape index (κ1) is 10.2. The van der Waals surface area contributed by atoms with Crippen LogP contribution >= 0.6 is 11.3 Å². The van der Waals surface area contributed by atoms with E-state index < -0.39 is 0 Å². The molecule has 1 N–H and O–H groups in total. The van der Waals surface area contributed by atoms with Crippen LogP contribution in [-0.2, 0) is 6.42 Å². The molecule has 2 aromatic rings. The summed E-state index contributed by atoms with van der Waals surface area (Å²) in [5.41, 5.74) is 0. The zero-order valence-electron chi connectivity index (χ0n) is 9.31. The van der Waals surface area contributed by atoms with E-state index in [1.54, 1.807) is 11.3 Å². The van der Waals surface area contributed by atoms with Crippen LogP contribution in [0.2, 0.25) is 0 Å². The van der Waals surface area contributed by atoms with E-state index in [1.165, 1.54) is 30.9 Å². The molecular weight excluding hydrogens is 222 g/mol. The summed E-state index contributed by atoms with van der Waals surface area (Å²) in [6.45, 7) is 4.28. The standard InChI is InChI=1S/C10H15N5S/c1-7-12-13-10-15(7)14-9(16-10)3-2-8-4-5-11-6-8/h8,11H,2-6H2,1H3. The molecule has 1 aliphatic heterocycles. The molecule has 0 aliphatic carbocycles. The largest absolute Gasteiger partial charge is 0.316 e. The number of nitrogens with one attached hydrogen (secondary N) is 1. The van der Waals surface area contributed by atoms with Gasteiger partial charge in [0.05, 0.1) is 0 Å². The molecule has 1 aliphatic rings. The van der Waals surface area contributed by atoms with Gasteiger partial charge in [-0.3, -0.25) is 0 Å². The molecule has 0 radical (unpaired) electrons. The number of fused-ring (bicyclic) bond motifs is 1. The summed E-state index contributed by atoms with van der Waals surface area (Å²) in [5, 5.41) is 17.2. The Kier molecular flexibility index (Phi) is 2.61. The molecule has 0 aromatic carbocycles. The van der Waals surface area contributed by atoms with Crippen LogP contribution in [0, 0.1) is 12.8 Å². The fourth-order valence-electron chi connectivity index (χ4n) is 2.14. The van der Waals surface area contributed by atoms with Crippen LogP contribution in [0.25, 0.3) is 4.96 Å². The van der Waals surface area contributed by atoms with Gasteiger partial charge >= 0.3 is 0 Å². The molecule has 0 amide bonds. The summed E-state index contributed by atoms with van der Waals surface area (Å²) in [6, 6.07) is 0. The first-order valence-electron chi connectivity index (χ1n) is 5.71. The van der Waals surface area contributed by atoms with E-state index >= 15 is 0 Å². The van der Waals surface area contributed by atoms with Crippen molar-refractivity contribution in [2.24, 2.45) is 5.92 Å². The predicted octanol–water partition coefficient (Wildman–Crippen LogP) is 1.04. The first-order chi connectivity index (χ1) is 7.83. The number of hydrogen-bond acceptors (Lipinski definition) is 5. The summed E-state index contributed by atoms with van der Waals surface area (Å²) in [4.78, 5) is 0.914. The third kappa shape index (κ3) is 1.82. The fourth-order valence-corrected chi connectivity index (χ4v) is 3.04. The minimum Gasteiger partial charge on any atom is -0.316 e. The Hall–Kier alpha value is -1.01. The van der Waals surface area contributed by atoms with E-state index in [4.69, 9.17) is 0 Å². The smallest absolute Gasteiger partial charge is 0.234 e. The summed E-state index contributed by atoms with van der Waals surface area (Å²) >= 11 is 1.66. The topological polar surface area (TPSA) is 55.1 Å². The molecule has 16 heavy (non-hydrogen) atoms. The van der Waals surface area contributed by atoms with Gasteiger partial charge in [0.15, 0.2) is 5.82 Å². The van der Waals surface area contributed by atoms with E-state index in [2.05, 4.69) is 20.6 Å². The molecule has 0 spiro atoms. The Bertz CT molecular complexity index is 482. The minimum absolute atomic E-state index is 0.829. The van der Waals surface area contributed by atoms with Gasteiger partial charge in [-0.25, -0.2) is 0 Å². The Morgan fingerprint density at radius 3 is 3.19 bits per heavy atom. The van der Waals surface area contributed by atoms with Crippen LogP contribution in [0.5, 0.6) is 0 Å². The molecule has 2 aromatic heterocycles. The highest BCUT2D eigenvalue weighted by Crippen LogP contribution is 2.19. The second kappa shape index (κ2) is 4.10. The van der Waals surface area contributed by atoms with Crippen molar-refractivity contribution >= 4 is 16.3 Å². The van der Waals surface area contributed by atoms with Crippen molar-refractivity contribution in [3.8, 4) is 0 Å². The molecule has 0 saturated carbocycles. The molecule has 1 saturated heterocycles. The number of hydrogen-bond donors (Lipinski definition) is 1. The molecule has 6 heteroatoms. The maximum absolute atomic E-state index is 4.52. The van der Waals surface area contributed by atoms with Crippen LogP contribution in [0.15, 0.2) is 0 Å². The Labute approximate surface area is 97.9 Å². The maximum Gasteiger partial charge on any atom is 0.234 e. The molecule has 86 valence electrons. The highest BCUT2D eigenvalue weighted by atomic mass is 32.1. The lowest BCUT2D eigenvalue weighted by Gasteiger charge is -2.04. The first-order valence-corrected chi connectivity index (χ1v) is 6.53. The van der Waals surface area contributed by atoms with Gasteiger partial charge in [-0.2, -0.15) is 9.61 Å². The van der Waals surface area contributed by atoms with Crippen LogP contribution in [-0.4, -0.2) is 32.9 Å². The average Bonchev–Trinajstić information content (AvgIpc) is 2.95. The maximum atomic E-state index is 4.52. The summed E-state index contributed by atoms with van der Waals surface area (Å²) in [7, 11) is 0. The average molecular weight is 237 g/mol. The van der Waals surface area contributed by atoms with Gasteiger partial charge in [0.25, 0.3) is 0 Å². The van der Waals surface area contributed by atoms with E-state index in [9.17, 15) is 0 Å². The zero-order valence-corrected chi connectivity index (χ0v) is 10.1. The highest BCUT2D eigenvalue weighted by Gasteiger charge is 2.15. The minimum atomic E-state index is 0.829. The SMILES string of the molecule is Cc1nnc2sc(CCC3CCNC3)nn12. The lowest BCUT2D eigenvalue weighted by atomic mass is 10.0. The van der Waals surface area contributed by atoms with Crippen molar-refractivity contribution in [1.29, 1.82) is 0 Å². The number of nitrogens with zero attached hydrogens (tertiary/aromatic N) is 4. The molecule has 1 unspecified atom stereocenters. The van der Waals surface area contributed by atoms with E-state index in [0.29, 0.717) is 0 Å². The monoisotopic (exact) mass is 237 g/mol. The molecular formula is C10H15N5S. The predicted molar refractivity (Wildman–Crippen MR) is 62.7 cm³/mol. The summed E-state index contributed by atoms with van der Waals surface area (Å²) in [5.74, 6) is 1.70. The van der Waals surface area contributed by atoms with Gasteiger partial charge in [-0.15, -0.1) is 10.2 Å². The van der Waals surface area contributed by atoms with Gasteiger partial charge in [0.1, 0.15) is 5.01 Å². The van der Waals surface area contributed by atoms with Crippen molar-refractivity contribution in [2.75, 3.05) is 13.1 Å². The van der Waals surface area contributed by atoms with Gasteiger partial charge < -0.3 is 5.32 Å². The number of aromatic nitrogens is 4. The molecule has 3 heterocycles. The lowest BCUT2D eigenvalue weighted by Crippen LogP contribution is -2.09. The number of aryl methyl sites for hydroxylation is 2. The quantitative estimate of drug-likeness (QED) is 0.866. The Morgan fingerprint density at radius 2 is 2.44 bits per heavy atom. The van der Waals surface area contributed by atoms with Crippen LogP contribution in [0.3, 0.4) is 0 Å². The van der Waals surface area contributed by atoms with Crippen LogP contribution in [0.4, 0.5) is 0 Å². The van der Waals surface area contributed by atoms with Crippen molar-refractivity contribution in [3.63, 3.8) is 0 Å². The Balaban J connectivity index is 1.69. The third-order valence-corrected chi connectivity index (χ3v) is 4.08. The summed E-state index contributed by atoms with van der Waals surface area (Å²) < 4.78 is 1.84. The molecule has 5 nitrogen and oxygen atoms in total. The number of rotatable bonds is 3. The highest BCUT2D eigenvalue weighted by molar-refractivity contribution is 7.16. The molecule has 1 fully saturated rings. The van der Waals surface area contributed by atoms with Gasteiger partial charge in [0, 0.05) is 6.42 Å². The summed E-state index contributed by atoms with van der Waals surface area (Å²) in [6.07, 6.45) is 3.61.